The maximum atomic E-state index is 12.9. The quantitative estimate of drug-likeness (QED) is 0.291. The highest BCUT2D eigenvalue weighted by atomic mass is 32.2. The van der Waals surface area contributed by atoms with E-state index in [1.807, 2.05) is 54.0 Å². The molecule has 1 aliphatic rings. The number of para-hydroxylation sites is 1. The van der Waals surface area contributed by atoms with E-state index in [1.54, 1.807) is 6.26 Å². The van der Waals surface area contributed by atoms with Gasteiger partial charge in [0.05, 0.1) is 17.6 Å². The van der Waals surface area contributed by atoms with Gasteiger partial charge in [0.1, 0.15) is 5.76 Å². The van der Waals surface area contributed by atoms with E-state index in [2.05, 4.69) is 22.3 Å². The predicted octanol–water partition coefficient (Wildman–Crippen LogP) is 5.69. The van der Waals surface area contributed by atoms with Gasteiger partial charge in [-0.25, -0.2) is 0 Å². The number of carbonyl (C=O) groups excluding carboxylic acids is 1. The highest BCUT2D eigenvalue weighted by Crippen LogP contribution is 2.31. The van der Waals surface area contributed by atoms with Crippen LogP contribution >= 0.6 is 11.8 Å². The van der Waals surface area contributed by atoms with Gasteiger partial charge in [-0.1, -0.05) is 42.1 Å². The Morgan fingerprint density at radius 1 is 1.03 bits per heavy atom. The van der Waals surface area contributed by atoms with Crippen LogP contribution in [0.1, 0.15) is 40.1 Å². The van der Waals surface area contributed by atoms with Crippen molar-refractivity contribution < 1.29 is 9.21 Å². The highest BCUT2D eigenvalue weighted by molar-refractivity contribution is 7.99. The van der Waals surface area contributed by atoms with E-state index in [0.29, 0.717) is 16.7 Å². The molecule has 2 heterocycles. The molecular formula is C25H23N3O2S. The van der Waals surface area contributed by atoms with Crippen LogP contribution in [0, 0.1) is 6.92 Å². The minimum absolute atomic E-state index is 0.113. The molecule has 0 N–H and O–H groups in total. The highest BCUT2D eigenvalue weighted by Gasteiger charge is 2.20. The maximum absolute atomic E-state index is 12.9. The van der Waals surface area contributed by atoms with Gasteiger partial charge in [-0.15, -0.1) is 10.2 Å². The molecule has 1 aliphatic carbocycles. The molecule has 0 aliphatic heterocycles. The number of ketones is 1. The van der Waals surface area contributed by atoms with Crippen molar-refractivity contribution in [1.82, 2.24) is 14.8 Å². The minimum atomic E-state index is 0.113. The second-order valence-corrected chi connectivity index (χ2v) is 8.71. The van der Waals surface area contributed by atoms with Crippen LogP contribution in [0.4, 0.5) is 0 Å². The lowest BCUT2D eigenvalue weighted by molar-refractivity contribution is 0.102. The molecule has 0 radical (unpaired) electrons. The Morgan fingerprint density at radius 2 is 1.84 bits per heavy atom. The molecular weight excluding hydrogens is 406 g/mol. The molecule has 0 atom stereocenters. The summed E-state index contributed by atoms with van der Waals surface area (Å²) in [4.78, 5) is 12.9. The first-order valence-corrected chi connectivity index (χ1v) is 11.5. The first-order chi connectivity index (χ1) is 15.2. The number of nitrogens with zero attached hydrogens (tertiary/aromatic N) is 3. The third-order valence-corrected chi connectivity index (χ3v) is 6.68. The summed E-state index contributed by atoms with van der Waals surface area (Å²) in [6.07, 6.45) is 6.29. The average Bonchev–Trinajstić information content (AvgIpc) is 3.43. The molecule has 2 aromatic heterocycles. The molecule has 0 fully saturated rings. The van der Waals surface area contributed by atoms with E-state index in [4.69, 9.17) is 4.42 Å². The monoisotopic (exact) mass is 429 g/mol. The normalized spacial score (nSPS) is 13.2. The fraction of sp³-hybridized carbons (Fsp3) is 0.240. The summed E-state index contributed by atoms with van der Waals surface area (Å²) < 4.78 is 7.47. The fourth-order valence-corrected chi connectivity index (χ4v) is 4.93. The van der Waals surface area contributed by atoms with E-state index in [9.17, 15) is 4.79 Å². The topological polar surface area (TPSA) is 60.9 Å². The maximum Gasteiger partial charge on any atom is 0.196 e. The third kappa shape index (κ3) is 3.95. The van der Waals surface area contributed by atoms with E-state index < -0.39 is 0 Å². The molecule has 0 bridgehead atoms. The molecule has 0 amide bonds. The number of carbonyl (C=O) groups is 1. The van der Waals surface area contributed by atoms with Crippen molar-refractivity contribution in [1.29, 1.82) is 0 Å². The number of hydrogen-bond acceptors (Lipinski definition) is 5. The lowest BCUT2D eigenvalue weighted by atomic mass is 9.90. The van der Waals surface area contributed by atoms with Gasteiger partial charge in [0, 0.05) is 11.3 Å². The molecule has 156 valence electrons. The van der Waals surface area contributed by atoms with Crippen LogP contribution in [0.2, 0.25) is 0 Å². The van der Waals surface area contributed by atoms with Gasteiger partial charge < -0.3 is 4.42 Å². The summed E-state index contributed by atoms with van der Waals surface area (Å²) in [5, 5.41) is 9.52. The van der Waals surface area contributed by atoms with Crippen molar-refractivity contribution >= 4 is 17.5 Å². The van der Waals surface area contributed by atoms with Crippen LogP contribution in [-0.2, 0) is 12.8 Å². The summed E-state index contributed by atoms with van der Waals surface area (Å²) in [5.74, 6) is 1.92. The van der Waals surface area contributed by atoms with E-state index in [1.165, 1.54) is 35.7 Å². The Bertz CT molecular complexity index is 1230. The Balaban J connectivity index is 1.42. The van der Waals surface area contributed by atoms with Gasteiger partial charge in [-0.2, -0.15) is 0 Å². The van der Waals surface area contributed by atoms with Crippen LogP contribution in [0.5, 0.6) is 0 Å². The second kappa shape index (κ2) is 8.55. The number of rotatable bonds is 6. The SMILES string of the molecule is Cc1occc1-c1nnc(SCC(=O)c2ccc3c(c2)CCCC3)n1-c1ccccc1. The number of benzene rings is 2. The van der Waals surface area contributed by atoms with Gasteiger partial charge in [-0.3, -0.25) is 9.36 Å². The summed E-state index contributed by atoms with van der Waals surface area (Å²) in [5.41, 5.74) is 5.34. The lowest BCUT2D eigenvalue weighted by Gasteiger charge is -2.16. The zero-order valence-electron chi connectivity index (χ0n) is 17.4. The molecule has 0 unspecified atom stereocenters. The van der Waals surface area contributed by atoms with Crippen LogP contribution in [0.25, 0.3) is 17.1 Å². The summed E-state index contributed by atoms with van der Waals surface area (Å²) in [6.45, 7) is 1.91. The van der Waals surface area contributed by atoms with Gasteiger partial charge in [-0.05, 0) is 68.0 Å². The van der Waals surface area contributed by atoms with Crippen molar-refractivity contribution in [2.45, 2.75) is 37.8 Å². The first kappa shape index (κ1) is 19.8. The molecule has 0 saturated carbocycles. The smallest absolute Gasteiger partial charge is 0.196 e. The largest absolute Gasteiger partial charge is 0.469 e. The van der Waals surface area contributed by atoms with Gasteiger partial charge in [0.2, 0.25) is 0 Å². The van der Waals surface area contributed by atoms with Crippen LogP contribution < -0.4 is 0 Å². The average molecular weight is 430 g/mol. The van der Waals surface area contributed by atoms with Gasteiger partial charge >= 0.3 is 0 Å². The molecule has 0 spiro atoms. The van der Waals surface area contributed by atoms with Gasteiger partial charge in [0.15, 0.2) is 16.8 Å². The number of aromatic nitrogens is 3. The first-order valence-electron chi connectivity index (χ1n) is 10.5. The summed E-state index contributed by atoms with van der Waals surface area (Å²) in [6, 6.07) is 18.0. The van der Waals surface area contributed by atoms with E-state index in [0.717, 1.165) is 35.4 Å². The fourth-order valence-electron chi connectivity index (χ4n) is 4.08. The molecule has 31 heavy (non-hydrogen) atoms. The van der Waals surface area contributed by atoms with Crippen molar-refractivity contribution in [3.05, 3.63) is 83.3 Å². The molecule has 0 saturated heterocycles. The zero-order chi connectivity index (χ0) is 21.2. The van der Waals surface area contributed by atoms with Crippen LogP contribution in [-0.4, -0.2) is 26.3 Å². The number of thioether (sulfide) groups is 1. The number of hydrogen-bond donors (Lipinski definition) is 0. The van der Waals surface area contributed by atoms with E-state index in [-0.39, 0.29) is 5.78 Å². The van der Waals surface area contributed by atoms with Crippen molar-refractivity contribution in [2.24, 2.45) is 0 Å². The van der Waals surface area contributed by atoms with Crippen molar-refractivity contribution in [2.75, 3.05) is 5.75 Å². The van der Waals surface area contributed by atoms with Crippen molar-refractivity contribution in [3.8, 4) is 17.1 Å². The number of fused-ring (bicyclic) bond motifs is 1. The minimum Gasteiger partial charge on any atom is -0.469 e. The van der Waals surface area contributed by atoms with Crippen molar-refractivity contribution in [3.63, 3.8) is 0 Å². The zero-order valence-corrected chi connectivity index (χ0v) is 18.2. The predicted molar refractivity (Wildman–Crippen MR) is 122 cm³/mol. The summed E-state index contributed by atoms with van der Waals surface area (Å²) >= 11 is 1.42. The van der Waals surface area contributed by atoms with Gasteiger partial charge in [0.25, 0.3) is 0 Å². The summed E-state index contributed by atoms with van der Waals surface area (Å²) in [7, 11) is 0. The lowest BCUT2D eigenvalue weighted by Crippen LogP contribution is -2.08. The van der Waals surface area contributed by atoms with Crippen LogP contribution in [0.15, 0.2) is 70.4 Å². The number of furan rings is 1. The number of aryl methyl sites for hydroxylation is 3. The molecule has 5 nitrogen and oxygen atoms in total. The second-order valence-electron chi connectivity index (χ2n) is 7.77. The Morgan fingerprint density at radius 3 is 2.61 bits per heavy atom. The third-order valence-electron chi connectivity index (χ3n) is 5.75. The van der Waals surface area contributed by atoms with Crippen LogP contribution in [0.3, 0.4) is 0 Å². The number of Topliss-reactive ketones (excluding diaryl/α,β-unsaturated/α-hetero) is 1. The molecule has 5 rings (SSSR count). The van der Waals surface area contributed by atoms with E-state index >= 15 is 0 Å². The molecule has 4 aromatic rings. The Labute approximate surface area is 185 Å². The Hall–Kier alpha value is -3.12. The Kier molecular flexibility index (Phi) is 5.47. The molecule has 2 aromatic carbocycles. The molecule has 6 heteroatoms. The standard InChI is InChI=1S/C25H23N3O2S/c1-17-22(13-14-30-17)24-26-27-25(28(24)21-9-3-2-4-10-21)31-16-23(29)20-12-11-18-7-5-6-8-19(18)15-20/h2-4,9-15H,5-8,16H2,1H3.